The topological polar surface area (TPSA) is 64.7 Å². The van der Waals surface area contributed by atoms with Gasteiger partial charge in [0.05, 0.1) is 26.4 Å². The lowest BCUT2D eigenvalue weighted by atomic mass is 9.81. The summed E-state index contributed by atoms with van der Waals surface area (Å²) in [5.41, 5.74) is 7.09. The molecule has 0 spiro atoms. The third-order valence-corrected chi connectivity index (χ3v) is 4.30. The first-order valence-corrected chi connectivity index (χ1v) is 7.33. The average Bonchev–Trinajstić information content (AvgIpc) is 2.53. The number of halogens is 1. The summed E-state index contributed by atoms with van der Waals surface area (Å²) < 4.78 is 10.6. The number of ether oxygens (including phenoxy) is 2. The molecule has 0 amide bonds. The van der Waals surface area contributed by atoms with Crippen molar-refractivity contribution in [3.63, 3.8) is 0 Å². The van der Waals surface area contributed by atoms with Gasteiger partial charge >= 0.3 is 0 Å². The highest BCUT2D eigenvalue weighted by Gasteiger charge is 2.29. The van der Waals surface area contributed by atoms with Crippen LogP contribution in [0.2, 0.25) is 0 Å². The SMILES string of the molecule is COc1ccc(OC)c([C@H](N)[C@H](O)C2CCCCC2)c1.Cl. The summed E-state index contributed by atoms with van der Waals surface area (Å²) in [7, 11) is 3.24. The summed E-state index contributed by atoms with van der Waals surface area (Å²) in [5.74, 6) is 1.72. The Bertz CT molecular complexity index is 436. The molecule has 0 radical (unpaired) electrons. The molecule has 0 saturated heterocycles. The van der Waals surface area contributed by atoms with Crippen LogP contribution in [0.15, 0.2) is 18.2 Å². The van der Waals surface area contributed by atoms with Crippen LogP contribution >= 0.6 is 12.4 Å². The average molecular weight is 316 g/mol. The fourth-order valence-corrected chi connectivity index (χ4v) is 3.05. The van der Waals surface area contributed by atoms with Crippen LogP contribution in [0.5, 0.6) is 11.5 Å². The van der Waals surface area contributed by atoms with E-state index in [9.17, 15) is 5.11 Å². The molecule has 1 aliphatic rings. The first kappa shape index (κ1) is 18.1. The highest BCUT2D eigenvalue weighted by atomic mass is 35.5. The Labute approximate surface area is 133 Å². The lowest BCUT2D eigenvalue weighted by Crippen LogP contribution is -2.34. The molecule has 21 heavy (non-hydrogen) atoms. The van der Waals surface area contributed by atoms with E-state index in [1.165, 1.54) is 19.3 Å². The van der Waals surface area contributed by atoms with Gasteiger partial charge < -0.3 is 20.3 Å². The van der Waals surface area contributed by atoms with Crippen molar-refractivity contribution in [1.82, 2.24) is 0 Å². The standard InChI is InChI=1S/C16H25NO3.ClH/c1-19-12-8-9-14(20-2)13(10-12)15(17)16(18)11-6-4-3-5-7-11;/h8-11,15-16,18H,3-7,17H2,1-2H3;1H/t15-,16+;/m0./s1. The summed E-state index contributed by atoms with van der Waals surface area (Å²) in [5, 5.41) is 10.6. The van der Waals surface area contributed by atoms with Crippen molar-refractivity contribution in [2.24, 2.45) is 11.7 Å². The van der Waals surface area contributed by atoms with Gasteiger partial charge in [-0.1, -0.05) is 19.3 Å². The number of hydrogen-bond acceptors (Lipinski definition) is 4. The minimum atomic E-state index is -0.531. The van der Waals surface area contributed by atoms with E-state index in [2.05, 4.69) is 0 Å². The van der Waals surface area contributed by atoms with Gasteiger partial charge in [0.1, 0.15) is 11.5 Å². The monoisotopic (exact) mass is 315 g/mol. The number of rotatable bonds is 5. The minimum Gasteiger partial charge on any atom is -0.497 e. The molecule has 120 valence electrons. The van der Waals surface area contributed by atoms with Gasteiger partial charge in [0.2, 0.25) is 0 Å². The summed E-state index contributed by atoms with van der Waals surface area (Å²) in [4.78, 5) is 0. The zero-order valence-corrected chi connectivity index (χ0v) is 13.6. The molecule has 0 aliphatic heterocycles. The molecule has 1 aromatic carbocycles. The molecule has 1 fully saturated rings. The highest BCUT2D eigenvalue weighted by Crippen LogP contribution is 2.35. The molecule has 0 heterocycles. The second-order valence-electron chi connectivity index (χ2n) is 5.52. The highest BCUT2D eigenvalue weighted by molar-refractivity contribution is 5.85. The van der Waals surface area contributed by atoms with E-state index < -0.39 is 12.1 Å². The molecule has 2 atom stereocenters. The Balaban J connectivity index is 0.00000220. The molecule has 3 N–H and O–H groups in total. The maximum Gasteiger partial charge on any atom is 0.123 e. The van der Waals surface area contributed by atoms with Crippen LogP contribution in [0.25, 0.3) is 0 Å². The Morgan fingerprint density at radius 3 is 2.38 bits per heavy atom. The van der Waals surface area contributed by atoms with Crippen molar-refractivity contribution in [2.75, 3.05) is 14.2 Å². The van der Waals surface area contributed by atoms with Gasteiger partial charge in [-0.2, -0.15) is 0 Å². The summed E-state index contributed by atoms with van der Waals surface area (Å²) >= 11 is 0. The zero-order chi connectivity index (χ0) is 14.5. The van der Waals surface area contributed by atoms with E-state index in [0.717, 1.165) is 24.2 Å². The van der Waals surface area contributed by atoms with Crippen LogP contribution < -0.4 is 15.2 Å². The molecule has 0 bridgehead atoms. The lowest BCUT2D eigenvalue weighted by Gasteiger charge is -2.31. The minimum absolute atomic E-state index is 0. The predicted molar refractivity (Wildman–Crippen MR) is 86.3 cm³/mol. The molecule has 0 unspecified atom stereocenters. The van der Waals surface area contributed by atoms with Crippen LogP contribution in [0.3, 0.4) is 0 Å². The van der Waals surface area contributed by atoms with Gasteiger partial charge in [-0.05, 0) is 37.0 Å². The number of hydrogen-bond donors (Lipinski definition) is 2. The molecule has 1 aliphatic carbocycles. The van der Waals surface area contributed by atoms with Crippen molar-refractivity contribution in [1.29, 1.82) is 0 Å². The zero-order valence-electron chi connectivity index (χ0n) is 12.7. The number of methoxy groups -OCH3 is 2. The van der Waals surface area contributed by atoms with E-state index in [4.69, 9.17) is 15.2 Å². The Morgan fingerprint density at radius 2 is 1.81 bits per heavy atom. The third-order valence-electron chi connectivity index (χ3n) is 4.30. The summed E-state index contributed by atoms with van der Waals surface area (Å²) in [6.07, 6.45) is 5.22. The van der Waals surface area contributed by atoms with Crippen LogP contribution in [-0.2, 0) is 0 Å². The number of aliphatic hydroxyl groups excluding tert-OH is 1. The van der Waals surface area contributed by atoms with E-state index in [0.29, 0.717) is 5.75 Å². The van der Waals surface area contributed by atoms with Crippen LogP contribution in [-0.4, -0.2) is 25.4 Å². The Hall–Kier alpha value is -0.970. The molecule has 4 nitrogen and oxygen atoms in total. The third kappa shape index (κ3) is 4.25. The summed E-state index contributed by atoms with van der Waals surface area (Å²) in [6.45, 7) is 0. The second-order valence-corrected chi connectivity index (χ2v) is 5.52. The van der Waals surface area contributed by atoms with E-state index in [1.54, 1.807) is 14.2 Å². The number of nitrogens with two attached hydrogens (primary N) is 1. The smallest absolute Gasteiger partial charge is 0.123 e. The maximum absolute atomic E-state index is 10.6. The Morgan fingerprint density at radius 1 is 1.14 bits per heavy atom. The Kier molecular flexibility index (Phi) is 7.29. The van der Waals surface area contributed by atoms with E-state index in [-0.39, 0.29) is 18.3 Å². The molecular weight excluding hydrogens is 290 g/mol. The van der Waals surface area contributed by atoms with Crippen LogP contribution in [0.1, 0.15) is 43.7 Å². The molecule has 0 aromatic heterocycles. The number of benzene rings is 1. The largest absolute Gasteiger partial charge is 0.497 e. The molecular formula is C16H26ClNO3. The van der Waals surface area contributed by atoms with Gasteiger partial charge in [-0.3, -0.25) is 0 Å². The predicted octanol–water partition coefficient (Wildman–Crippen LogP) is 3.07. The first-order chi connectivity index (χ1) is 9.67. The summed E-state index contributed by atoms with van der Waals surface area (Å²) in [6, 6.07) is 5.09. The van der Waals surface area contributed by atoms with Crippen LogP contribution in [0, 0.1) is 5.92 Å². The quantitative estimate of drug-likeness (QED) is 0.876. The van der Waals surface area contributed by atoms with Crippen molar-refractivity contribution < 1.29 is 14.6 Å². The normalized spacial score (nSPS) is 18.5. The van der Waals surface area contributed by atoms with Gasteiger partial charge in [0.15, 0.2) is 0 Å². The van der Waals surface area contributed by atoms with Crippen molar-refractivity contribution in [2.45, 2.75) is 44.2 Å². The van der Waals surface area contributed by atoms with Gasteiger partial charge in [0, 0.05) is 5.56 Å². The lowest BCUT2D eigenvalue weighted by molar-refractivity contribution is 0.0610. The number of aliphatic hydroxyl groups is 1. The van der Waals surface area contributed by atoms with Gasteiger partial charge in [-0.15, -0.1) is 12.4 Å². The second kappa shape index (κ2) is 8.47. The first-order valence-electron chi connectivity index (χ1n) is 7.33. The fourth-order valence-electron chi connectivity index (χ4n) is 3.05. The van der Waals surface area contributed by atoms with E-state index >= 15 is 0 Å². The van der Waals surface area contributed by atoms with Crippen molar-refractivity contribution in [3.8, 4) is 11.5 Å². The van der Waals surface area contributed by atoms with Crippen molar-refractivity contribution >= 4 is 12.4 Å². The molecule has 2 rings (SSSR count). The van der Waals surface area contributed by atoms with E-state index in [1.807, 2.05) is 18.2 Å². The fraction of sp³-hybridized carbons (Fsp3) is 0.625. The van der Waals surface area contributed by atoms with Crippen LogP contribution in [0.4, 0.5) is 0 Å². The molecule has 1 saturated carbocycles. The van der Waals surface area contributed by atoms with Gasteiger partial charge in [-0.25, -0.2) is 0 Å². The maximum atomic E-state index is 10.6. The van der Waals surface area contributed by atoms with Crippen molar-refractivity contribution in [3.05, 3.63) is 23.8 Å². The molecule has 1 aromatic rings. The van der Waals surface area contributed by atoms with Gasteiger partial charge in [0.25, 0.3) is 0 Å². The molecule has 5 heteroatoms.